The molecule has 0 spiro atoms. The summed E-state index contributed by atoms with van der Waals surface area (Å²) in [6.07, 6.45) is 3.50. The number of carboxylic acid groups (broad SMARTS) is 1. The van der Waals surface area contributed by atoms with Crippen LogP contribution in [0.1, 0.15) is 48.4 Å². The van der Waals surface area contributed by atoms with Gasteiger partial charge in [0.2, 0.25) is 15.1 Å². The highest BCUT2D eigenvalue weighted by molar-refractivity contribution is 8.26. The highest BCUT2D eigenvalue weighted by Crippen LogP contribution is 2.34. The maximum atomic E-state index is 12.6. The van der Waals surface area contributed by atoms with E-state index in [1.165, 1.54) is 22.2 Å². The predicted octanol–water partition coefficient (Wildman–Crippen LogP) is 4.14. The maximum absolute atomic E-state index is 12.6. The molecule has 0 unspecified atom stereocenters. The summed E-state index contributed by atoms with van der Waals surface area (Å²) in [5.74, 6) is -1.53. The highest BCUT2D eigenvalue weighted by atomic mass is 36.0. The minimum Gasteiger partial charge on any atom is -0.478 e. The number of primary amides is 1. The van der Waals surface area contributed by atoms with E-state index in [-0.39, 0.29) is 48.3 Å². The number of anilines is 4. The van der Waals surface area contributed by atoms with Crippen LogP contribution in [0.25, 0.3) is 0 Å². The summed E-state index contributed by atoms with van der Waals surface area (Å²) in [6.45, 7) is 9.19. The Morgan fingerprint density at radius 1 is 0.792 bits per heavy atom. The highest BCUT2D eigenvalue weighted by Gasteiger charge is 2.42. The number of carbonyl (C=O) groups excluding carboxylic acids is 3. The summed E-state index contributed by atoms with van der Waals surface area (Å²) in [5.41, 5.74) is 18.6. The second-order valence-electron chi connectivity index (χ2n) is 12.5. The lowest BCUT2D eigenvalue weighted by atomic mass is 10.1. The van der Waals surface area contributed by atoms with Gasteiger partial charge in [0.15, 0.2) is 0 Å². The molecule has 2 aromatic carbocycles. The first-order chi connectivity index (χ1) is 24.5. The van der Waals surface area contributed by atoms with Gasteiger partial charge in [-0.15, -0.1) is 11.1 Å². The standard InChI is InChI=1S/C13H17N5O3.C13H16N4O4.C5H5N.Cl2OS.H3N/c1-13(2)6-21-7-17(13)12(20)18-10-4-3-8(11(14)19)5-9(10)15-16-18;1-13(2)6-21-7-16(13)12(20)17-10-4-3-8(11(18)19)5-9(10)14-15-17;1-2-4-6-5-3-1;1-4(2)3;/h3-5,15-16H,6-7H2,1-2H3,(H2,14,19);3-5,14-15H,6-7H2,1-2H3,(H,18,19);1-5H;;1H3. The number of fused-ring (bicyclic) bond motifs is 2. The third kappa shape index (κ3) is 10.6. The van der Waals surface area contributed by atoms with Crippen molar-refractivity contribution in [2.45, 2.75) is 38.8 Å². The molecular weight excluding hydrogens is 757 g/mol. The summed E-state index contributed by atoms with van der Waals surface area (Å²) in [7, 11) is 7.36. The zero-order valence-corrected chi connectivity index (χ0v) is 31.5. The zero-order valence-electron chi connectivity index (χ0n) is 29.2. The number of ether oxygens (including phenoxy) is 2. The molecule has 0 atom stereocenters. The zero-order chi connectivity index (χ0) is 38.2. The second-order valence-corrected chi connectivity index (χ2v) is 15.0. The van der Waals surface area contributed by atoms with Crippen LogP contribution in [0.15, 0.2) is 67.0 Å². The average molecular weight is 799 g/mol. The number of urea groups is 2. The number of hydrazine groups is 4. The predicted molar refractivity (Wildman–Crippen MR) is 200 cm³/mol. The number of rotatable bonds is 2. The number of pyridine rings is 1. The number of nitrogens with one attached hydrogen (secondary N) is 4. The number of nitrogens with zero attached hydrogens (tertiary/aromatic N) is 5. The maximum Gasteiger partial charge on any atom is 0.342 e. The fourth-order valence-electron chi connectivity index (χ4n) is 5.06. The molecule has 19 nitrogen and oxygen atoms in total. The molecular formula is C31H41Cl2N11O8S. The lowest BCUT2D eigenvalue weighted by Crippen LogP contribution is -2.54. The van der Waals surface area contributed by atoms with E-state index in [9.17, 15) is 19.2 Å². The van der Waals surface area contributed by atoms with Crippen molar-refractivity contribution in [3.63, 3.8) is 0 Å². The molecule has 0 radical (unpaired) electrons. The van der Waals surface area contributed by atoms with Crippen LogP contribution >= 0.6 is 21.4 Å². The first-order valence-electron chi connectivity index (χ1n) is 15.4. The van der Waals surface area contributed by atoms with Gasteiger partial charge in [0.05, 0.1) is 52.6 Å². The van der Waals surface area contributed by atoms with Gasteiger partial charge in [0, 0.05) is 39.3 Å². The topological polar surface area (TPSA) is 259 Å². The number of benzene rings is 2. The summed E-state index contributed by atoms with van der Waals surface area (Å²) < 4.78 is 19.8. The van der Waals surface area contributed by atoms with Gasteiger partial charge >= 0.3 is 18.0 Å². The monoisotopic (exact) mass is 797 g/mol. The minimum absolute atomic E-state index is 0. The molecule has 2 saturated heterocycles. The van der Waals surface area contributed by atoms with E-state index in [1.807, 2.05) is 45.9 Å². The summed E-state index contributed by atoms with van der Waals surface area (Å²) >= 11 is 0. The van der Waals surface area contributed by atoms with E-state index in [2.05, 4.69) is 48.3 Å². The first kappa shape index (κ1) is 42.6. The molecule has 4 aliphatic rings. The summed E-state index contributed by atoms with van der Waals surface area (Å²) in [4.78, 5) is 54.4. The molecule has 10 N–H and O–H groups in total. The Morgan fingerprint density at radius 2 is 1.21 bits per heavy atom. The van der Waals surface area contributed by atoms with Crippen LogP contribution in [0.5, 0.6) is 0 Å². The second kappa shape index (κ2) is 18.3. The van der Waals surface area contributed by atoms with E-state index < -0.39 is 21.1 Å². The third-order valence-corrected chi connectivity index (χ3v) is 7.83. The van der Waals surface area contributed by atoms with Gasteiger partial charge in [0.1, 0.15) is 13.5 Å². The molecule has 0 aliphatic carbocycles. The van der Waals surface area contributed by atoms with Crippen LogP contribution in [0.4, 0.5) is 32.3 Å². The van der Waals surface area contributed by atoms with E-state index >= 15 is 0 Å². The number of hydrogen-bond acceptors (Lipinski definition) is 13. The minimum atomic E-state index is -1.67. The van der Waals surface area contributed by atoms with Crippen molar-refractivity contribution in [3.05, 3.63) is 78.1 Å². The van der Waals surface area contributed by atoms with Gasteiger partial charge in [-0.2, -0.15) is 0 Å². The van der Waals surface area contributed by atoms with E-state index in [4.69, 9.17) is 24.5 Å². The van der Waals surface area contributed by atoms with Crippen molar-refractivity contribution >= 4 is 77.3 Å². The van der Waals surface area contributed by atoms with Crippen molar-refractivity contribution in [3.8, 4) is 0 Å². The molecule has 288 valence electrons. The Bertz CT molecular complexity index is 1670. The number of amides is 5. The Hall–Kier alpha value is -4.80. The number of nitrogens with two attached hydrogens (primary N) is 1. The van der Waals surface area contributed by atoms with Gasteiger partial charge in [-0.05, 0) is 76.2 Å². The van der Waals surface area contributed by atoms with Crippen LogP contribution in [-0.4, -0.2) is 85.8 Å². The first-order valence-corrected chi connectivity index (χ1v) is 18.2. The van der Waals surface area contributed by atoms with Gasteiger partial charge in [-0.1, -0.05) is 6.07 Å². The van der Waals surface area contributed by atoms with Crippen LogP contribution in [0.2, 0.25) is 0 Å². The molecule has 7 rings (SSSR count). The van der Waals surface area contributed by atoms with Crippen LogP contribution < -0.4 is 43.8 Å². The van der Waals surface area contributed by atoms with Crippen molar-refractivity contribution in [1.82, 2.24) is 32.0 Å². The van der Waals surface area contributed by atoms with E-state index in [1.54, 1.807) is 46.5 Å². The Labute approximate surface area is 316 Å². The van der Waals surface area contributed by atoms with Crippen molar-refractivity contribution in [2.75, 3.05) is 47.5 Å². The smallest absolute Gasteiger partial charge is 0.342 e. The third-order valence-electron chi connectivity index (χ3n) is 7.83. The van der Waals surface area contributed by atoms with Crippen molar-refractivity contribution in [1.29, 1.82) is 0 Å². The van der Waals surface area contributed by atoms with Gasteiger partial charge < -0.3 is 37.3 Å². The number of carboxylic acids is 1. The van der Waals surface area contributed by atoms with E-state index in [0.29, 0.717) is 41.5 Å². The van der Waals surface area contributed by atoms with Crippen molar-refractivity contribution in [2.24, 2.45) is 5.73 Å². The fourth-order valence-corrected chi connectivity index (χ4v) is 5.06. The number of aromatic nitrogens is 1. The lowest BCUT2D eigenvalue weighted by molar-refractivity contribution is 0.0696. The number of carbonyl (C=O) groups is 4. The fraction of sp³-hybridized carbons (Fsp3) is 0.323. The van der Waals surface area contributed by atoms with Crippen molar-refractivity contribution < 1.29 is 38.0 Å². The molecule has 0 bridgehead atoms. The SMILES string of the molecule is CC1(C)COCN1C(=O)N1NNc2cc(C(=O)O)ccc21.CC1(C)COCN1C(=O)N1NNc2cc(C(N)=O)ccc21.N.O=S(Cl)Cl.c1ccncc1. The van der Waals surface area contributed by atoms with Crippen LogP contribution in [0, 0.1) is 0 Å². The molecule has 3 aromatic rings. The number of hydrogen-bond donors (Lipinski definition) is 7. The Kier molecular flexibility index (Phi) is 14.7. The molecule has 4 aliphatic heterocycles. The lowest BCUT2D eigenvalue weighted by Gasteiger charge is -2.32. The van der Waals surface area contributed by atoms with Crippen LogP contribution in [0.3, 0.4) is 0 Å². The molecule has 0 saturated carbocycles. The molecule has 5 heterocycles. The van der Waals surface area contributed by atoms with E-state index in [0.717, 1.165) is 0 Å². The molecule has 1 aromatic heterocycles. The molecule has 5 amide bonds. The quantitative estimate of drug-likeness (QED) is 0.180. The summed E-state index contributed by atoms with van der Waals surface area (Å²) in [5, 5.41) is 11.7. The average Bonchev–Trinajstić information content (AvgIpc) is 3.89. The van der Waals surface area contributed by atoms with Gasteiger partial charge in [-0.3, -0.25) is 19.6 Å². The normalized spacial score (nSPS) is 16.9. The number of aromatic carboxylic acids is 1. The van der Waals surface area contributed by atoms with Gasteiger partial charge in [-0.25, -0.2) is 28.6 Å². The summed E-state index contributed by atoms with van der Waals surface area (Å²) in [6, 6.07) is 14.6. The molecule has 53 heavy (non-hydrogen) atoms. The Morgan fingerprint density at radius 3 is 1.53 bits per heavy atom. The largest absolute Gasteiger partial charge is 0.478 e. The van der Waals surface area contributed by atoms with Crippen LogP contribution in [-0.2, 0) is 18.7 Å². The molecule has 22 heteroatoms. The molecule has 2 fully saturated rings. The number of halogens is 2. The van der Waals surface area contributed by atoms with Gasteiger partial charge in [0.25, 0.3) is 0 Å². The Balaban J connectivity index is 0.000000224.